The van der Waals surface area contributed by atoms with Crippen LogP contribution in [0.4, 0.5) is 4.39 Å². The summed E-state index contributed by atoms with van der Waals surface area (Å²) in [7, 11) is -2.34. The van der Waals surface area contributed by atoms with Crippen LogP contribution in [0.5, 0.6) is 0 Å². The van der Waals surface area contributed by atoms with Crippen LogP contribution in [0.25, 0.3) is 0 Å². The van der Waals surface area contributed by atoms with Crippen LogP contribution in [-0.2, 0) is 10.0 Å². The first kappa shape index (κ1) is 12.7. The number of rotatable bonds is 3. The lowest BCUT2D eigenvalue weighted by Gasteiger charge is -2.16. The van der Waals surface area contributed by atoms with Crippen molar-refractivity contribution in [1.29, 1.82) is 0 Å². The molecule has 0 heterocycles. The highest BCUT2D eigenvalue weighted by Crippen LogP contribution is 2.20. The Bertz CT molecular complexity index is 531. The molecule has 1 aromatic carbocycles. The fourth-order valence-electron chi connectivity index (χ4n) is 1.25. The quantitative estimate of drug-likeness (QED) is 0.750. The zero-order valence-corrected chi connectivity index (χ0v) is 9.88. The SMILES string of the molecule is C#CCN(C)S(=O)(=O)c1cccc(F)c1C. The summed E-state index contributed by atoms with van der Waals surface area (Å²) in [5, 5.41) is 0. The second-order valence-corrected chi connectivity index (χ2v) is 5.34. The topological polar surface area (TPSA) is 37.4 Å². The second kappa shape index (κ2) is 4.64. The van der Waals surface area contributed by atoms with Crippen molar-refractivity contribution in [1.82, 2.24) is 4.31 Å². The number of sulfonamides is 1. The highest BCUT2D eigenvalue weighted by molar-refractivity contribution is 7.89. The van der Waals surface area contributed by atoms with Crippen molar-refractivity contribution >= 4 is 10.0 Å². The van der Waals surface area contributed by atoms with E-state index >= 15 is 0 Å². The van der Waals surface area contributed by atoms with Gasteiger partial charge in [0.25, 0.3) is 0 Å². The predicted molar refractivity (Wildman–Crippen MR) is 59.8 cm³/mol. The molecule has 0 amide bonds. The van der Waals surface area contributed by atoms with Gasteiger partial charge < -0.3 is 0 Å². The zero-order valence-electron chi connectivity index (χ0n) is 9.07. The summed E-state index contributed by atoms with van der Waals surface area (Å²) >= 11 is 0. The third-order valence-electron chi connectivity index (χ3n) is 2.22. The van der Waals surface area contributed by atoms with Gasteiger partial charge in [-0.2, -0.15) is 4.31 Å². The molecule has 1 rings (SSSR count). The number of halogens is 1. The van der Waals surface area contributed by atoms with Crippen molar-refractivity contribution in [3.8, 4) is 12.3 Å². The van der Waals surface area contributed by atoms with Crippen molar-refractivity contribution in [2.45, 2.75) is 11.8 Å². The number of hydrogen-bond donors (Lipinski definition) is 0. The first-order valence-electron chi connectivity index (χ1n) is 4.56. The minimum atomic E-state index is -3.70. The maximum Gasteiger partial charge on any atom is 0.244 e. The Balaban J connectivity index is 3.29. The number of hydrogen-bond acceptors (Lipinski definition) is 2. The molecular weight excluding hydrogens is 229 g/mol. The average molecular weight is 241 g/mol. The maximum atomic E-state index is 13.2. The number of nitrogens with zero attached hydrogens (tertiary/aromatic N) is 1. The van der Waals surface area contributed by atoms with E-state index in [1.165, 1.54) is 32.2 Å². The van der Waals surface area contributed by atoms with E-state index in [9.17, 15) is 12.8 Å². The monoisotopic (exact) mass is 241 g/mol. The Kier molecular flexibility index (Phi) is 3.68. The van der Waals surface area contributed by atoms with Crippen LogP contribution in [-0.4, -0.2) is 26.3 Å². The summed E-state index contributed by atoms with van der Waals surface area (Å²) < 4.78 is 38.2. The van der Waals surface area contributed by atoms with E-state index in [0.29, 0.717) is 0 Å². The van der Waals surface area contributed by atoms with Crippen molar-refractivity contribution in [3.63, 3.8) is 0 Å². The van der Waals surface area contributed by atoms with Gasteiger partial charge in [0.05, 0.1) is 11.4 Å². The Morgan fingerprint density at radius 1 is 1.50 bits per heavy atom. The summed E-state index contributed by atoms with van der Waals surface area (Å²) in [4.78, 5) is -0.0507. The standard InChI is InChI=1S/C11H12FNO2S/c1-4-8-13(3)16(14,15)11-7-5-6-10(12)9(11)2/h1,5-7H,8H2,2-3H3. The molecule has 0 aliphatic rings. The molecule has 0 aliphatic carbocycles. The molecule has 3 nitrogen and oxygen atoms in total. The smallest absolute Gasteiger partial charge is 0.207 e. The summed E-state index contributed by atoms with van der Waals surface area (Å²) in [6.07, 6.45) is 5.04. The van der Waals surface area contributed by atoms with Crippen LogP contribution in [0, 0.1) is 25.1 Å². The highest BCUT2D eigenvalue weighted by atomic mass is 32.2. The van der Waals surface area contributed by atoms with Gasteiger partial charge in [-0.1, -0.05) is 12.0 Å². The van der Waals surface area contributed by atoms with E-state index in [4.69, 9.17) is 6.42 Å². The van der Waals surface area contributed by atoms with Gasteiger partial charge >= 0.3 is 0 Å². The lowest BCUT2D eigenvalue weighted by molar-refractivity contribution is 0.500. The predicted octanol–water partition coefficient (Wildman–Crippen LogP) is 1.39. The minimum absolute atomic E-state index is 0.0434. The Hall–Kier alpha value is -1.38. The maximum absolute atomic E-state index is 13.2. The lowest BCUT2D eigenvalue weighted by atomic mass is 10.2. The average Bonchev–Trinajstić information content (AvgIpc) is 2.22. The Morgan fingerprint density at radius 3 is 2.69 bits per heavy atom. The molecule has 5 heteroatoms. The van der Waals surface area contributed by atoms with Crippen molar-refractivity contribution in [2.24, 2.45) is 0 Å². The lowest BCUT2D eigenvalue weighted by Crippen LogP contribution is -2.28. The molecule has 0 aromatic heterocycles. The fraction of sp³-hybridized carbons (Fsp3) is 0.273. The van der Waals surface area contributed by atoms with E-state index in [0.717, 1.165) is 4.31 Å². The van der Waals surface area contributed by atoms with Crippen LogP contribution in [0.15, 0.2) is 23.1 Å². The third kappa shape index (κ3) is 2.23. The van der Waals surface area contributed by atoms with E-state index < -0.39 is 15.8 Å². The summed E-state index contributed by atoms with van der Waals surface area (Å²) in [5.74, 6) is 1.68. The van der Waals surface area contributed by atoms with Crippen molar-refractivity contribution < 1.29 is 12.8 Å². The van der Waals surface area contributed by atoms with Gasteiger partial charge in [-0.3, -0.25) is 0 Å². The normalized spacial score (nSPS) is 11.4. The fourth-order valence-corrected chi connectivity index (χ4v) is 2.56. The van der Waals surface area contributed by atoms with Gasteiger partial charge in [0.15, 0.2) is 0 Å². The van der Waals surface area contributed by atoms with E-state index in [2.05, 4.69) is 5.92 Å². The van der Waals surface area contributed by atoms with Crippen LogP contribution in [0.1, 0.15) is 5.56 Å². The van der Waals surface area contributed by atoms with Crippen LogP contribution < -0.4 is 0 Å². The molecule has 0 fully saturated rings. The van der Waals surface area contributed by atoms with Gasteiger partial charge in [0, 0.05) is 12.6 Å². The second-order valence-electron chi connectivity index (χ2n) is 3.33. The molecule has 0 bridgehead atoms. The van der Waals surface area contributed by atoms with Crippen LogP contribution in [0.3, 0.4) is 0 Å². The van der Waals surface area contributed by atoms with Gasteiger partial charge in [0.1, 0.15) is 5.82 Å². The summed E-state index contributed by atoms with van der Waals surface area (Å²) in [6.45, 7) is 1.38. The van der Waals surface area contributed by atoms with E-state index in [1.807, 2.05) is 0 Å². The van der Waals surface area contributed by atoms with E-state index in [1.54, 1.807) is 0 Å². The highest BCUT2D eigenvalue weighted by Gasteiger charge is 2.23. The molecule has 0 aliphatic heterocycles. The molecule has 1 aromatic rings. The Labute approximate surface area is 94.9 Å². The molecule has 0 spiro atoms. The molecule has 0 atom stereocenters. The number of benzene rings is 1. The van der Waals surface area contributed by atoms with Gasteiger partial charge in [-0.15, -0.1) is 6.42 Å². The first-order valence-corrected chi connectivity index (χ1v) is 6.00. The van der Waals surface area contributed by atoms with Gasteiger partial charge in [0.2, 0.25) is 10.0 Å². The van der Waals surface area contributed by atoms with Crippen molar-refractivity contribution in [3.05, 3.63) is 29.6 Å². The molecular formula is C11H12FNO2S. The summed E-state index contributed by atoms with van der Waals surface area (Å²) in [5.41, 5.74) is 0.103. The molecule has 16 heavy (non-hydrogen) atoms. The first-order chi connectivity index (χ1) is 7.41. The van der Waals surface area contributed by atoms with Gasteiger partial charge in [-0.25, -0.2) is 12.8 Å². The van der Waals surface area contributed by atoms with Gasteiger partial charge in [-0.05, 0) is 19.1 Å². The van der Waals surface area contributed by atoms with E-state index in [-0.39, 0.29) is 17.0 Å². The third-order valence-corrected chi connectivity index (χ3v) is 4.17. The molecule has 0 radical (unpaired) electrons. The number of terminal acetylenes is 1. The molecule has 0 saturated carbocycles. The van der Waals surface area contributed by atoms with Crippen LogP contribution in [0.2, 0.25) is 0 Å². The van der Waals surface area contributed by atoms with Crippen LogP contribution >= 0.6 is 0 Å². The molecule has 0 N–H and O–H groups in total. The molecule has 86 valence electrons. The molecule has 0 saturated heterocycles. The Morgan fingerprint density at radius 2 is 2.12 bits per heavy atom. The zero-order chi connectivity index (χ0) is 12.3. The largest absolute Gasteiger partial charge is 0.244 e. The minimum Gasteiger partial charge on any atom is -0.207 e. The summed E-state index contributed by atoms with van der Waals surface area (Å²) in [6, 6.07) is 3.94. The van der Waals surface area contributed by atoms with Crippen molar-refractivity contribution in [2.75, 3.05) is 13.6 Å². The molecule has 0 unspecified atom stereocenters.